The van der Waals surface area contributed by atoms with E-state index >= 15 is 0 Å². The average Bonchev–Trinajstić information content (AvgIpc) is 3.18. The van der Waals surface area contributed by atoms with Gasteiger partial charge in [0.2, 0.25) is 0 Å². The lowest BCUT2D eigenvalue weighted by Crippen LogP contribution is -2.40. The van der Waals surface area contributed by atoms with Crippen molar-refractivity contribution in [2.75, 3.05) is 19.4 Å². The molecule has 1 aromatic carbocycles. The number of halogens is 1. The summed E-state index contributed by atoms with van der Waals surface area (Å²) in [7, 11) is 1.17. The lowest BCUT2D eigenvalue weighted by atomic mass is 10.00. The molecule has 0 saturated carbocycles. The zero-order valence-electron chi connectivity index (χ0n) is 18.6. The number of anilines is 1. The number of aromatic nitrogens is 1. The lowest BCUT2D eigenvalue weighted by Gasteiger charge is -2.20. The van der Waals surface area contributed by atoms with Gasteiger partial charge in [0.05, 0.1) is 19.2 Å². The molecule has 33 heavy (non-hydrogen) atoms. The number of ether oxygens (including phenoxy) is 2. The van der Waals surface area contributed by atoms with Crippen LogP contribution in [-0.4, -0.2) is 58.3 Å². The molecular weight excluding hydrogens is 433 g/mol. The summed E-state index contributed by atoms with van der Waals surface area (Å²) in [4.78, 5) is 40.8. The lowest BCUT2D eigenvalue weighted by molar-refractivity contribution is -0.143. The Morgan fingerprint density at radius 2 is 1.91 bits per heavy atom. The second-order valence-corrected chi connectivity index (χ2v) is 8.42. The van der Waals surface area contributed by atoms with E-state index in [4.69, 9.17) is 10.5 Å². The fraction of sp³-hybridized carbons (Fsp3) is 0.304. The van der Waals surface area contributed by atoms with Crippen LogP contribution >= 0.6 is 0 Å². The third-order valence-electron chi connectivity index (χ3n) is 4.91. The van der Waals surface area contributed by atoms with Crippen LogP contribution in [0.3, 0.4) is 0 Å². The number of nitrogens with two attached hydrogens (primary N) is 1. The topological polar surface area (TPSA) is 132 Å². The van der Waals surface area contributed by atoms with Crippen molar-refractivity contribution >= 4 is 29.4 Å². The molecule has 1 aliphatic rings. The molecule has 0 radical (unpaired) electrons. The Kier molecular flexibility index (Phi) is 6.39. The van der Waals surface area contributed by atoms with Gasteiger partial charge in [-0.3, -0.25) is 4.90 Å². The van der Waals surface area contributed by atoms with Crippen molar-refractivity contribution in [3.63, 3.8) is 0 Å². The van der Waals surface area contributed by atoms with Gasteiger partial charge in [-0.15, -0.1) is 0 Å². The van der Waals surface area contributed by atoms with Crippen LogP contribution in [0.5, 0.6) is 0 Å². The van der Waals surface area contributed by atoms with E-state index in [0.29, 0.717) is 22.3 Å². The monoisotopic (exact) mass is 457 g/mol. The van der Waals surface area contributed by atoms with Crippen molar-refractivity contribution < 1.29 is 33.4 Å². The molecule has 1 unspecified atom stereocenters. The number of carboxylic acid groups (broad SMARTS) is 1. The molecular formula is C23H24FN3O6. The number of amides is 1. The first-order valence-corrected chi connectivity index (χ1v) is 9.98. The first-order valence-electron chi connectivity index (χ1n) is 9.98. The van der Waals surface area contributed by atoms with Crippen LogP contribution in [0.2, 0.25) is 0 Å². The number of carbonyl (C=O) groups excluding carboxylic acids is 2. The molecule has 1 aliphatic heterocycles. The van der Waals surface area contributed by atoms with E-state index in [1.54, 1.807) is 26.8 Å². The van der Waals surface area contributed by atoms with Gasteiger partial charge in [-0.1, -0.05) is 6.07 Å². The average molecular weight is 457 g/mol. The van der Waals surface area contributed by atoms with Crippen molar-refractivity contribution in [3.8, 4) is 11.1 Å². The molecule has 0 spiro atoms. The molecule has 2 aromatic rings. The van der Waals surface area contributed by atoms with Gasteiger partial charge >= 0.3 is 18.0 Å². The molecule has 3 N–H and O–H groups in total. The highest BCUT2D eigenvalue weighted by Gasteiger charge is 2.35. The second kappa shape index (κ2) is 8.89. The highest BCUT2D eigenvalue weighted by atomic mass is 19.1. The summed E-state index contributed by atoms with van der Waals surface area (Å²) in [5.41, 5.74) is 6.79. The van der Waals surface area contributed by atoms with Gasteiger partial charge in [0, 0.05) is 11.8 Å². The first kappa shape index (κ1) is 23.7. The largest absolute Gasteiger partial charge is 0.467 e. The van der Waals surface area contributed by atoms with Gasteiger partial charge in [0.15, 0.2) is 6.04 Å². The maximum Gasteiger partial charge on any atom is 0.408 e. The van der Waals surface area contributed by atoms with Gasteiger partial charge in [-0.2, -0.15) is 0 Å². The van der Waals surface area contributed by atoms with Gasteiger partial charge < -0.3 is 20.3 Å². The molecule has 0 bridgehead atoms. The summed E-state index contributed by atoms with van der Waals surface area (Å²) < 4.78 is 24.6. The molecule has 174 valence electrons. The zero-order chi connectivity index (χ0) is 24.5. The van der Waals surface area contributed by atoms with Crippen LogP contribution in [0.25, 0.3) is 16.7 Å². The summed E-state index contributed by atoms with van der Waals surface area (Å²) in [5, 5.41) is 9.41. The number of pyridine rings is 1. The van der Waals surface area contributed by atoms with E-state index < -0.39 is 35.5 Å². The summed E-state index contributed by atoms with van der Waals surface area (Å²) in [6.45, 7) is 4.99. The number of benzene rings is 1. The highest BCUT2D eigenvalue weighted by Crippen LogP contribution is 2.32. The zero-order valence-corrected chi connectivity index (χ0v) is 18.6. The van der Waals surface area contributed by atoms with E-state index in [0.717, 1.165) is 11.0 Å². The Hall–Kier alpha value is -3.95. The van der Waals surface area contributed by atoms with E-state index in [9.17, 15) is 23.9 Å². The van der Waals surface area contributed by atoms with Gasteiger partial charge in [-0.25, -0.2) is 23.8 Å². The number of carbonyl (C=O) groups is 3. The molecule has 9 nitrogen and oxygen atoms in total. The molecule has 1 atom stereocenters. The molecule has 0 saturated heterocycles. The maximum atomic E-state index is 14.7. The van der Waals surface area contributed by atoms with E-state index in [1.807, 2.05) is 0 Å². The van der Waals surface area contributed by atoms with Gasteiger partial charge in [0.25, 0.3) is 0 Å². The van der Waals surface area contributed by atoms with Crippen molar-refractivity contribution in [1.82, 2.24) is 9.88 Å². The Morgan fingerprint density at radius 3 is 2.48 bits per heavy atom. The summed E-state index contributed by atoms with van der Waals surface area (Å²) in [5.74, 6) is -2.17. The molecule has 2 heterocycles. The first-order chi connectivity index (χ1) is 15.4. The van der Waals surface area contributed by atoms with Crippen LogP contribution in [0.1, 0.15) is 36.7 Å². The molecule has 1 aromatic heterocycles. The maximum absolute atomic E-state index is 14.7. The van der Waals surface area contributed by atoms with Gasteiger partial charge in [0.1, 0.15) is 17.2 Å². The summed E-state index contributed by atoms with van der Waals surface area (Å²) in [6, 6.07) is 4.51. The number of nitrogens with zero attached hydrogens (tertiary/aromatic N) is 2. The smallest absolute Gasteiger partial charge is 0.408 e. The number of hydrogen-bond donors (Lipinski definition) is 2. The van der Waals surface area contributed by atoms with Crippen molar-refractivity contribution in [2.24, 2.45) is 0 Å². The van der Waals surface area contributed by atoms with E-state index in [1.165, 1.54) is 31.5 Å². The minimum Gasteiger partial charge on any atom is -0.467 e. The molecule has 10 heteroatoms. The predicted octanol–water partition coefficient (Wildman–Crippen LogP) is 3.34. The summed E-state index contributed by atoms with van der Waals surface area (Å²) in [6.07, 6.45) is 1.64. The quantitative estimate of drug-likeness (QED) is 0.668. The van der Waals surface area contributed by atoms with Crippen molar-refractivity contribution in [3.05, 3.63) is 53.5 Å². The number of methoxy groups -OCH3 is 1. The Balaban J connectivity index is 1.96. The third kappa shape index (κ3) is 5.11. The fourth-order valence-electron chi connectivity index (χ4n) is 3.37. The number of esters is 2. The molecule has 0 aliphatic carbocycles. The number of nitrogen functional groups attached to an aromatic ring is 1. The fourth-order valence-corrected chi connectivity index (χ4v) is 3.37. The molecule has 1 amide bonds. The minimum absolute atomic E-state index is 0.0634. The molecule has 3 rings (SSSR count). The van der Waals surface area contributed by atoms with E-state index in [-0.39, 0.29) is 17.9 Å². The van der Waals surface area contributed by atoms with Crippen LogP contribution < -0.4 is 5.73 Å². The standard InChI is InChI=1S/C23H24FN3O6/c1-23(2,3)33-20(28)15-6-5-12(8-17(15)24)16-7-13(10-26-19(16)25)14-9-18(21(29)32-4)27(11-14)22(30)31/h5-10,18H,11H2,1-4H3,(H2,25,26)(H,30,31). The SMILES string of the molecule is COC(=O)C1C=C(c2cnc(N)c(-c3ccc(C(=O)OC(C)(C)C)c(F)c3)c2)CN1C(=O)O. The highest BCUT2D eigenvalue weighted by molar-refractivity contribution is 5.92. The summed E-state index contributed by atoms with van der Waals surface area (Å²) >= 11 is 0. The van der Waals surface area contributed by atoms with Crippen LogP contribution in [0.4, 0.5) is 15.0 Å². The van der Waals surface area contributed by atoms with Crippen molar-refractivity contribution in [1.29, 1.82) is 0 Å². The molecule has 0 fully saturated rings. The third-order valence-corrected chi connectivity index (χ3v) is 4.91. The number of rotatable bonds is 4. The second-order valence-electron chi connectivity index (χ2n) is 8.42. The Bertz CT molecular complexity index is 1160. The van der Waals surface area contributed by atoms with Crippen molar-refractivity contribution in [2.45, 2.75) is 32.4 Å². The Labute approximate surface area is 189 Å². The van der Waals surface area contributed by atoms with Crippen LogP contribution in [0, 0.1) is 5.82 Å². The number of hydrogen-bond acceptors (Lipinski definition) is 7. The van der Waals surface area contributed by atoms with Gasteiger partial charge in [-0.05, 0) is 61.7 Å². The minimum atomic E-state index is -1.28. The Morgan fingerprint density at radius 1 is 1.21 bits per heavy atom. The van der Waals surface area contributed by atoms with Crippen LogP contribution in [0.15, 0.2) is 36.5 Å². The van der Waals surface area contributed by atoms with Crippen LogP contribution in [-0.2, 0) is 14.3 Å². The predicted molar refractivity (Wildman–Crippen MR) is 118 cm³/mol. The van der Waals surface area contributed by atoms with E-state index in [2.05, 4.69) is 9.72 Å². The normalized spacial score (nSPS) is 15.7.